The lowest BCUT2D eigenvalue weighted by Crippen LogP contribution is -2.29. The second kappa shape index (κ2) is 5.16. The number of nitrogens with zero attached hydrogens (tertiary/aromatic N) is 1. The van der Waals surface area contributed by atoms with Crippen molar-refractivity contribution in [3.05, 3.63) is 23.8 Å². The molecule has 1 aliphatic heterocycles. The summed E-state index contributed by atoms with van der Waals surface area (Å²) in [4.78, 5) is 1.47. The predicted octanol–water partition coefficient (Wildman–Crippen LogP) is 1.91. The van der Waals surface area contributed by atoms with Crippen LogP contribution in [0.2, 0.25) is 0 Å². The fourth-order valence-electron chi connectivity index (χ4n) is 2.24. The number of alkyl halides is 3. The maximum atomic E-state index is 13.0. The van der Waals surface area contributed by atoms with Crippen molar-refractivity contribution in [2.24, 2.45) is 0 Å². The van der Waals surface area contributed by atoms with Gasteiger partial charge >= 0.3 is 6.18 Å². The van der Waals surface area contributed by atoms with Crippen molar-refractivity contribution in [3.63, 3.8) is 0 Å². The van der Waals surface area contributed by atoms with Crippen molar-refractivity contribution in [1.29, 1.82) is 0 Å². The van der Waals surface area contributed by atoms with Crippen LogP contribution in [0, 0.1) is 0 Å². The molecule has 0 atom stereocenters. The summed E-state index contributed by atoms with van der Waals surface area (Å²) in [6.45, 7) is 0.349. The summed E-state index contributed by atoms with van der Waals surface area (Å²) >= 11 is 0. The van der Waals surface area contributed by atoms with E-state index in [1.54, 1.807) is 0 Å². The van der Waals surface area contributed by atoms with Crippen molar-refractivity contribution in [3.8, 4) is 0 Å². The van der Waals surface area contributed by atoms with E-state index in [0.29, 0.717) is 6.42 Å². The first-order chi connectivity index (χ1) is 9.19. The summed E-state index contributed by atoms with van der Waals surface area (Å²) in [5.41, 5.74) is 4.61. The Labute approximate surface area is 115 Å². The minimum Gasteiger partial charge on any atom is -0.399 e. The molecule has 4 nitrogen and oxygen atoms in total. The molecule has 112 valence electrons. The molecule has 20 heavy (non-hydrogen) atoms. The van der Waals surface area contributed by atoms with Gasteiger partial charge in [-0.2, -0.15) is 13.2 Å². The van der Waals surface area contributed by atoms with Gasteiger partial charge in [0.2, 0.25) is 0 Å². The zero-order chi connectivity index (χ0) is 15.0. The Kier molecular flexibility index (Phi) is 3.86. The van der Waals surface area contributed by atoms with E-state index in [1.165, 1.54) is 17.0 Å². The molecule has 0 aromatic heterocycles. The van der Waals surface area contributed by atoms with Gasteiger partial charge in [0.1, 0.15) is 0 Å². The average Bonchev–Trinajstić information content (AvgIpc) is 2.49. The third kappa shape index (κ3) is 3.36. The Morgan fingerprint density at radius 2 is 1.85 bits per heavy atom. The van der Waals surface area contributed by atoms with Gasteiger partial charge in [-0.1, -0.05) is 0 Å². The van der Waals surface area contributed by atoms with Crippen LogP contribution in [0.3, 0.4) is 0 Å². The van der Waals surface area contributed by atoms with Gasteiger partial charge in [-0.25, -0.2) is 8.42 Å². The first-order valence-corrected chi connectivity index (χ1v) is 7.93. The Morgan fingerprint density at radius 3 is 2.50 bits per heavy atom. The number of sulfone groups is 1. The van der Waals surface area contributed by atoms with Gasteiger partial charge in [-0.3, -0.25) is 0 Å². The van der Waals surface area contributed by atoms with E-state index in [2.05, 4.69) is 0 Å². The van der Waals surface area contributed by atoms with Crippen molar-refractivity contribution < 1.29 is 21.6 Å². The summed E-state index contributed by atoms with van der Waals surface area (Å²) in [6, 6.07) is 3.58. The molecule has 0 radical (unpaired) electrons. The molecule has 0 bridgehead atoms. The summed E-state index contributed by atoms with van der Waals surface area (Å²) < 4.78 is 62.1. The number of anilines is 2. The minimum absolute atomic E-state index is 0.0104. The molecule has 0 amide bonds. The molecular formula is C12H15F3N2O2S. The molecule has 0 saturated carbocycles. The van der Waals surface area contributed by atoms with Crippen LogP contribution < -0.4 is 10.6 Å². The molecule has 0 aliphatic carbocycles. The Bertz CT molecular complexity index is 599. The molecule has 0 spiro atoms. The molecule has 1 aromatic carbocycles. The lowest BCUT2D eigenvalue weighted by atomic mass is 10.1. The maximum absolute atomic E-state index is 13.0. The zero-order valence-electron chi connectivity index (χ0n) is 10.7. The summed E-state index contributed by atoms with van der Waals surface area (Å²) in [5, 5.41) is 0. The van der Waals surface area contributed by atoms with E-state index in [4.69, 9.17) is 5.73 Å². The standard InChI is InChI=1S/C12H15F3N2O2S/c13-12(14,15)10-8-9(16)2-3-11(10)17-4-1-6-20(18,19)7-5-17/h2-3,8H,1,4-7,16H2. The predicted molar refractivity (Wildman–Crippen MR) is 71.3 cm³/mol. The SMILES string of the molecule is Nc1ccc(N2CCCS(=O)(=O)CC2)c(C(F)(F)F)c1. The van der Waals surface area contributed by atoms with Crippen LogP contribution in [0.1, 0.15) is 12.0 Å². The third-order valence-electron chi connectivity index (χ3n) is 3.22. The van der Waals surface area contributed by atoms with Crippen LogP contribution in [0.4, 0.5) is 24.5 Å². The molecule has 8 heteroatoms. The fourth-order valence-corrected chi connectivity index (χ4v) is 3.51. The number of nitrogen functional groups attached to an aromatic ring is 1. The van der Waals surface area contributed by atoms with Gasteiger partial charge in [0.25, 0.3) is 0 Å². The Balaban J connectivity index is 2.37. The quantitative estimate of drug-likeness (QED) is 0.805. The van der Waals surface area contributed by atoms with Crippen LogP contribution in [-0.2, 0) is 16.0 Å². The molecule has 1 aliphatic rings. The number of benzene rings is 1. The highest BCUT2D eigenvalue weighted by Crippen LogP contribution is 2.38. The summed E-state index contributed by atoms with van der Waals surface area (Å²) in [5.74, 6) is -0.117. The maximum Gasteiger partial charge on any atom is 0.418 e. The van der Waals surface area contributed by atoms with Gasteiger partial charge in [-0.15, -0.1) is 0 Å². The highest BCUT2D eigenvalue weighted by atomic mass is 32.2. The molecule has 1 heterocycles. The Morgan fingerprint density at radius 1 is 1.15 bits per heavy atom. The number of hydrogen-bond donors (Lipinski definition) is 1. The first-order valence-electron chi connectivity index (χ1n) is 6.11. The number of halogens is 3. The smallest absolute Gasteiger partial charge is 0.399 e. The van der Waals surface area contributed by atoms with E-state index in [1.807, 2.05) is 0 Å². The lowest BCUT2D eigenvalue weighted by molar-refractivity contribution is -0.137. The first kappa shape index (κ1) is 15.0. The van der Waals surface area contributed by atoms with Crippen LogP contribution in [0.5, 0.6) is 0 Å². The van der Waals surface area contributed by atoms with E-state index in [0.717, 1.165) is 6.07 Å². The van der Waals surface area contributed by atoms with Gasteiger partial charge in [0.05, 0.1) is 17.1 Å². The summed E-state index contributed by atoms with van der Waals surface area (Å²) in [7, 11) is -3.16. The second-order valence-electron chi connectivity index (χ2n) is 4.77. The topological polar surface area (TPSA) is 63.4 Å². The van der Waals surface area contributed by atoms with Gasteiger partial charge in [0, 0.05) is 24.5 Å². The van der Waals surface area contributed by atoms with Crippen LogP contribution in [0.25, 0.3) is 0 Å². The summed E-state index contributed by atoms with van der Waals surface area (Å²) in [6.07, 6.45) is -4.19. The van der Waals surface area contributed by atoms with Gasteiger partial charge in [0.15, 0.2) is 9.84 Å². The second-order valence-corrected chi connectivity index (χ2v) is 7.07. The average molecular weight is 308 g/mol. The monoisotopic (exact) mass is 308 g/mol. The normalized spacial score (nSPS) is 19.6. The number of rotatable bonds is 1. The molecule has 2 N–H and O–H groups in total. The highest BCUT2D eigenvalue weighted by Gasteiger charge is 2.35. The fraction of sp³-hybridized carbons (Fsp3) is 0.500. The zero-order valence-corrected chi connectivity index (χ0v) is 11.5. The van der Waals surface area contributed by atoms with Gasteiger partial charge < -0.3 is 10.6 Å². The van der Waals surface area contributed by atoms with Crippen molar-refractivity contribution in [1.82, 2.24) is 0 Å². The number of hydrogen-bond acceptors (Lipinski definition) is 4. The highest BCUT2D eigenvalue weighted by molar-refractivity contribution is 7.91. The van der Waals surface area contributed by atoms with Crippen LogP contribution in [-0.4, -0.2) is 33.0 Å². The van der Waals surface area contributed by atoms with E-state index < -0.39 is 21.6 Å². The van der Waals surface area contributed by atoms with Crippen molar-refractivity contribution in [2.45, 2.75) is 12.6 Å². The van der Waals surface area contributed by atoms with Crippen LogP contribution in [0.15, 0.2) is 18.2 Å². The van der Waals surface area contributed by atoms with E-state index in [-0.39, 0.29) is 36.0 Å². The lowest BCUT2D eigenvalue weighted by Gasteiger charge is -2.26. The molecule has 1 aromatic rings. The minimum atomic E-state index is -4.52. The number of nitrogens with two attached hydrogens (primary N) is 1. The van der Waals surface area contributed by atoms with Gasteiger partial charge in [-0.05, 0) is 24.6 Å². The largest absolute Gasteiger partial charge is 0.418 e. The van der Waals surface area contributed by atoms with Crippen LogP contribution >= 0.6 is 0 Å². The molecular weight excluding hydrogens is 293 g/mol. The molecule has 1 saturated heterocycles. The van der Waals surface area contributed by atoms with Crippen molar-refractivity contribution in [2.75, 3.05) is 35.2 Å². The molecule has 2 rings (SSSR count). The molecule has 1 fully saturated rings. The van der Waals surface area contributed by atoms with E-state index in [9.17, 15) is 21.6 Å². The van der Waals surface area contributed by atoms with E-state index >= 15 is 0 Å². The van der Waals surface area contributed by atoms with Crippen molar-refractivity contribution >= 4 is 21.2 Å². The molecule has 0 unspecified atom stereocenters. The third-order valence-corrected chi connectivity index (χ3v) is 4.94. The Hall–Kier alpha value is -1.44.